The largest absolute Gasteiger partial charge is 0.392 e. The van der Waals surface area contributed by atoms with Crippen LogP contribution in [0, 0.1) is 0 Å². The highest BCUT2D eigenvalue weighted by atomic mass is 19.1. The van der Waals surface area contributed by atoms with Gasteiger partial charge in [-0.1, -0.05) is 0 Å². The lowest BCUT2D eigenvalue weighted by Gasteiger charge is -2.32. The van der Waals surface area contributed by atoms with Gasteiger partial charge in [0.25, 0.3) is 0 Å². The van der Waals surface area contributed by atoms with Crippen molar-refractivity contribution in [3.63, 3.8) is 0 Å². The van der Waals surface area contributed by atoms with E-state index in [1.165, 1.54) is 0 Å². The van der Waals surface area contributed by atoms with Gasteiger partial charge < -0.3 is 10.2 Å². The van der Waals surface area contributed by atoms with Crippen molar-refractivity contribution in [3.05, 3.63) is 0 Å². The highest BCUT2D eigenvalue weighted by molar-refractivity contribution is 4.77. The van der Waals surface area contributed by atoms with E-state index in [1.54, 1.807) is 0 Å². The Bertz CT molecular complexity index is 124. The molecule has 0 amide bonds. The van der Waals surface area contributed by atoms with E-state index in [0.717, 1.165) is 0 Å². The van der Waals surface area contributed by atoms with E-state index in [0.29, 0.717) is 32.5 Å². The number of aliphatic hydroxyl groups excluding tert-OH is 2. The summed E-state index contributed by atoms with van der Waals surface area (Å²) >= 11 is 0. The number of piperidine rings is 1. The summed E-state index contributed by atoms with van der Waals surface area (Å²) in [6, 6.07) is 0. The molecule has 12 heavy (non-hydrogen) atoms. The number of rotatable bonds is 3. The normalized spacial score (nSPS) is 32.2. The predicted octanol–water partition coefficient (Wildman–Crippen LogP) is -0.227. The third-order valence-electron chi connectivity index (χ3n) is 2.09. The zero-order chi connectivity index (χ0) is 8.97. The molecule has 0 aromatic rings. The van der Waals surface area contributed by atoms with E-state index in [4.69, 9.17) is 0 Å². The van der Waals surface area contributed by atoms with Crippen LogP contribution in [-0.4, -0.2) is 53.6 Å². The van der Waals surface area contributed by atoms with Gasteiger partial charge in [0.1, 0.15) is 0 Å². The molecule has 2 atom stereocenters. The quantitative estimate of drug-likeness (QED) is 0.626. The van der Waals surface area contributed by atoms with E-state index in [9.17, 15) is 14.6 Å². The summed E-state index contributed by atoms with van der Waals surface area (Å²) in [7, 11) is 0. The number of β-amino-alcohol motifs (C(OH)–C–C–N with tert-alkyl or cyclic N) is 2. The average Bonchev–Trinajstić information content (AvgIpc) is 1.99. The molecule has 1 aliphatic rings. The minimum Gasteiger partial charge on any atom is -0.392 e. The summed E-state index contributed by atoms with van der Waals surface area (Å²) in [5, 5.41) is 18.5. The fourth-order valence-corrected chi connectivity index (χ4v) is 1.60. The van der Waals surface area contributed by atoms with Gasteiger partial charge in [0.2, 0.25) is 0 Å². The van der Waals surface area contributed by atoms with Gasteiger partial charge in [-0.15, -0.1) is 0 Å². The molecular formula is C8H16FNO2. The molecule has 0 saturated carbocycles. The molecule has 4 heteroatoms. The average molecular weight is 177 g/mol. The number of hydrogen-bond donors (Lipinski definition) is 2. The van der Waals surface area contributed by atoms with Gasteiger partial charge in [0.05, 0.1) is 18.9 Å². The minimum atomic E-state index is -0.451. The van der Waals surface area contributed by atoms with Crippen LogP contribution in [0.3, 0.4) is 0 Å². The molecule has 0 aromatic heterocycles. The molecular weight excluding hydrogens is 161 g/mol. The van der Waals surface area contributed by atoms with Crippen LogP contribution < -0.4 is 0 Å². The third-order valence-corrected chi connectivity index (χ3v) is 2.09. The molecule has 3 nitrogen and oxygen atoms in total. The van der Waals surface area contributed by atoms with Gasteiger partial charge in [-0.25, -0.2) is 0 Å². The van der Waals surface area contributed by atoms with Crippen LogP contribution in [-0.2, 0) is 0 Å². The first-order valence-electron chi connectivity index (χ1n) is 4.37. The number of hydrogen-bond acceptors (Lipinski definition) is 3. The molecule has 0 unspecified atom stereocenters. The maximum Gasteiger partial charge on any atom is 0.0906 e. The van der Waals surface area contributed by atoms with Crippen molar-refractivity contribution in [2.45, 2.75) is 25.0 Å². The van der Waals surface area contributed by atoms with Gasteiger partial charge in [-0.2, -0.15) is 0 Å². The van der Waals surface area contributed by atoms with Crippen LogP contribution in [0.2, 0.25) is 0 Å². The lowest BCUT2D eigenvalue weighted by Crippen LogP contribution is -2.45. The Morgan fingerprint density at radius 3 is 2.33 bits per heavy atom. The van der Waals surface area contributed by atoms with E-state index >= 15 is 0 Å². The first-order chi connectivity index (χ1) is 5.72. The first-order valence-corrected chi connectivity index (χ1v) is 4.37. The van der Waals surface area contributed by atoms with Crippen LogP contribution in [0.15, 0.2) is 0 Å². The molecule has 1 saturated heterocycles. The van der Waals surface area contributed by atoms with E-state index in [-0.39, 0.29) is 6.67 Å². The highest BCUT2D eigenvalue weighted by Crippen LogP contribution is 2.10. The van der Waals surface area contributed by atoms with Crippen LogP contribution in [0.4, 0.5) is 4.39 Å². The van der Waals surface area contributed by atoms with Gasteiger partial charge in [-0.05, 0) is 6.42 Å². The molecule has 72 valence electrons. The Hall–Kier alpha value is -0.190. The summed E-state index contributed by atoms with van der Waals surface area (Å²) in [6.45, 7) is 1.43. The van der Waals surface area contributed by atoms with Crippen molar-refractivity contribution >= 4 is 0 Å². The third kappa shape index (κ3) is 3.05. The fraction of sp³-hybridized carbons (Fsp3) is 1.00. The Kier molecular flexibility index (Phi) is 3.91. The summed E-state index contributed by atoms with van der Waals surface area (Å²) < 4.78 is 11.8. The molecule has 1 aliphatic heterocycles. The number of alkyl halides is 1. The monoisotopic (exact) mass is 177 g/mol. The lowest BCUT2D eigenvalue weighted by molar-refractivity contribution is -0.00869. The van der Waals surface area contributed by atoms with E-state index < -0.39 is 12.2 Å². The van der Waals surface area contributed by atoms with Crippen LogP contribution in [0.25, 0.3) is 0 Å². The molecule has 0 aliphatic carbocycles. The van der Waals surface area contributed by atoms with Gasteiger partial charge >= 0.3 is 0 Å². The molecule has 0 radical (unpaired) electrons. The van der Waals surface area contributed by atoms with Crippen molar-refractivity contribution < 1.29 is 14.6 Å². The van der Waals surface area contributed by atoms with Crippen LogP contribution in [0.1, 0.15) is 12.8 Å². The van der Waals surface area contributed by atoms with E-state index in [2.05, 4.69) is 0 Å². The summed E-state index contributed by atoms with van der Waals surface area (Å²) in [4.78, 5) is 1.90. The second-order valence-corrected chi connectivity index (χ2v) is 3.35. The number of likely N-dealkylation sites (tertiary alicyclic amines) is 1. The predicted molar refractivity (Wildman–Crippen MR) is 43.7 cm³/mol. The summed E-state index contributed by atoms with van der Waals surface area (Å²) in [5.41, 5.74) is 0. The Labute approximate surface area is 71.8 Å². The molecule has 1 fully saturated rings. The fourth-order valence-electron chi connectivity index (χ4n) is 1.60. The lowest BCUT2D eigenvalue weighted by atomic mass is 10.1. The van der Waals surface area contributed by atoms with Crippen molar-refractivity contribution in [1.29, 1.82) is 0 Å². The standard InChI is InChI=1S/C8H16FNO2/c9-2-1-3-10-5-7(11)4-8(12)6-10/h7-8,11-12H,1-6H2/t7-,8+. The van der Waals surface area contributed by atoms with Gasteiger partial charge in [0, 0.05) is 26.1 Å². The molecule has 2 N–H and O–H groups in total. The topological polar surface area (TPSA) is 43.7 Å². The van der Waals surface area contributed by atoms with Crippen LogP contribution >= 0.6 is 0 Å². The second-order valence-electron chi connectivity index (χ2n) is 3.35. The molecule has 0 spiro atoms. The first kappa shape index (κ1) is 9.89. The van der Waals surface area contributed by atoms with Crippen LogP contribution in [0.5, 0.6) is 0 Å². The SMILES string of the molecule is O[C@@H]1C[C@H](O)CN(CCCF)C1. The smallest absolute Gasteiger partial charge is 0.0906 e. The highest BCUT2D eigenvalue weighted by Gasteiger charge is 2.23. The summed E-state index contributed by atoms with van der Waals surface area (Å²) in [5.74, 6) is 0. The Morgan fingerprint density at radius 2 is 1.83 bits per heavy atom. The molecule has 0 aromatic carbocycles. The van der Waals surface area contributed by atoms with Gasteiger partial charge in [-0.3, -0.25) is 9.29 Å². The Balaban J connectivity index is 2.24. The van der Waals surface area contributed by atoms with E-state index in [1.807, 2.05) is 4.90 Å². The van der Waals surface area contributed by atoms with Gasteiger partial charge in [0.15, 0.2) is 0 Å². The van der Waals surface area contributed by atoms with Crippen molar-refractivity contribution in [2.24, 2.45) is 0 Å². The van der Waals surface area contributed by atoms with Crippen molar-refractivity contribution in [1.82, 2.24) is 4.90 Å². The maximum absolute atomic E-state index is 11.8. The molecule has 1 rings (SSSR count). The van der Waals surface area contributed by atoms with Crippen molar-refractivity contribution in [3.8, 4) is 0 Å². The zero-order valence-corrected chi connectivity index (χ0v) is 7.12. The number of halogens is 1. The number of nitrogens with zero attached hydrogens (tertiary/aromatic N) is 1. The maximum atomic E-state index is 11.8. The summed E-state index contributed by atoms with van der Waals surface area (Å²) in [6.07, 6.45) is 0.0349. The Morgan fingerprint density at radius 1 is 1.25 bits per heavy atom. The minimum absolute atomic E-state index is 0.331. The molecule has 1 heterocycles. The van der Waals surface area contributed by atoms with Crippen molar-refractivity contribution in [2.75, 3.05) is 26.3 Å². The second kappa shape index (κ2) is 4.74. The molecule has 0 bridgehead atoms. The number of aliphatic hydroxyl groups is 2. The zero-order valence-electron chi connectivity index (χ0n) is 7.12.